The summed E-state index contributed by atoms with van der Waals surface area (Å²) in [6, 6.07) is 2.31. The van der Waals surface area contributed by atoms with Gasteiger partial charge in [0.15, 0.2) is 5.60 Å². The average Bonchev–Trinajstić information content (AvgIpc) is 2.98. The zero-order valence-electron chi connectivity index (χ0n) is 18.6. The van der Waals surface area contributed by atoms with Crippen LogP contribution in [0.5, 0.6) is 0 Å². The van der Waals surface area contributed by atoms with Gasteiger partial charge in [0.05, 0.1) is 6.07 Å². The summed E-state index contributed by atoms with van der Waals surface area (Å²) in [5.74, 6) is -0.0184. The molecule has 6 heteroatoms. The first-order valence-corrected chi connectivity index (χ1v) is 11.5. The minimum absolute atomic E-state index is 0.0330. The Kier molecular flexibility index (Phi) is 5.20. The number of esters is 2. The van der Waals surface area contributed by atoms with Crippen molar-refractivity contribution in [3.63, 3.8) is 0 Å². The van der Waals surface area contributed by atoms with Crippen LogP contribution >= 0.6 is 0 Å². The van der Waals surface area contributed by atoms with Gasteiger partial charge in [-0.3, -0.25) is 9.59 Å². The van der Waals surface area contributed by atoms with Gasteiger partial charge in [0, 0.05) is 25.2 Å². The van der Waals surface area contributed by atoms with Gasteiger partial charge in [-0.2, -0.15) is 5.26 Å². The maximum Gasteiger partial charge on any atom is 0.302 e. The van der Waals surface area contributed by atoms with E-state index in [1.54, 1.807) is 0 Å². The molecule has 0 aromatic heterocycles. The van der Waals surface area contributed by atoms with Crippen LogP contribution in [0.1, 0.15) is 79.1 Å². The standard InChI is InChI=1S/C24H35NO5/c1-14(26)29-17-7-9-22(3)16(11-17)12-24(28,13-25)21-18-5-6-20(30-15(2)27)23(18,4)10-8-19(21)22/h16-21,28H,5-12H2,1-4H3/t16-,17?,18?,19?,20?,21?,22+,23+,24?/m1/s1. The second-order valence-electron chi connectivity index (χ2n) is 10.9. The highest BCUT2D eigenvalue weighted by Gasteiger charge is 2.67. The van der Waals surface area contributed by atoms with Gasteiger partial charge in [0.25, 0.3) is 0 Å². The first-order valence-electron chi connectivity index (χ1n) is 11.5. The number of carbonyl (C=O) groups excluding carboxylic acids is 2. The Morgan fingerprint density at radius 1 is 0.967 bits per heavy atom. The summed E-state index contributed by atoms with van der Waals surface area (Å²) in [6.07, 6.45) is 6.29. The summed E-state index contributed by atoms with van der Waals surface area (Å²) >= 11 is 0. The Hall–Kier alpha value is -1.61. The Labute approximate surface area is 179 Å². The number of ether oxygens (including phenoxy) is 2. The van der Waals surface area contributed by atoms with Crippen molar-refractivity contribution >= 4 is 11.9 Å². The number of nitrogens with zero attached hydrogens (tertiary/aromatic N) is 1. The quantitative estimate of drug-likeness (QED) is 0.543. The van der Waals surface area contributed by atoms with Crippen molar-refractivity contribution in [1.82, 2.24) is 0 Å². The number of aliphatic hydroxyl groups is 1. The van der Waals surface area contributed by atoms with Gasteiger partial charge >= 0.3 is 11.9 Å². The molecule has 4 aliphatic rings. The fraction of sp³-hybridized carbons (Fsp3) is 0.875. The summed E-state index contributed by atoms with van der Waals surface area (Å²) in [7, 11) is 0. The molecule has 0 heterocycles. The van der Waals surface area contributed by atoms with E-state index in [9.17, 15) is 20.0 Å². The normalized spacial score (nSPS) is 49.7. The molecule has 1 N–H and O–H groups in total. The second-order valence-corrected chi connectivity index (χ2v) is 10.9. The molecule has 4 rings (SSSR count). The van der Waals surface area contributed by atoms with E-state index < -0.39 is 5.60 Å². The summed E-state index contributed by atoms with van der Waals surface area (Å²) in [6.45, 7) is 7.43. The summed E-state index contributed by atoms with van der Waals surface area (Å²) < 4.78 is 11.2. The Morgan fingerprint density at radius 2 is 1.60 bits per heavy atom. The molecule has 0 aliphatic heterocycles. The lowest BCUT2D eigenvalue weighted by molar-refractivity contribution is -0.206. The lowest BCUT2D eigenvalue weighted by Gasteiger charge is -2.63. The zero-order chi connectivity index (χ0) is 21.9. The van der Waals surface area contributed by atoms with E-state index in [-0.39, 0.29) is 58.6 Å². The molecule has 0 amide bonds. The first kappa shape index (κ1) is 21.6. The maximum atomic E-state index is 11.7. The molecule has 30 heavy (non-hydrogen) atoms. The predicted octanol–water partition coefficient (Wildman–Crippen LogP) is 3.76. The van der Waals surface area contributed by atoms with E-state index >= 15 is 0 Å². The van der Waals surface area contributed by atoms with Crippen LogP contribution in [0.3, 0.4) is 0 Å². The number of rotatable bonds is 2. The summed E-state index contributed by atoms with van der Waals surface area (Å²) in [5, 5.41) is 21.8. The molecule has 0 bridgehead atoms. The van der Waals surface area contributed by atoms with Crippen molar-refractivity contribution in [3.05, 3.63) is 0 Å². The van der Waals surface area contributed by atoms with Crippen LogP contribution in [0.2, 0.25) is 0 Å². The molecule has 4 aliphatic carbocycles. The van der Waals surface area contributed by atoms with E-state index in [2.05, 4.69) is 19.9 Å². The van der Waals surface area contributed by atoms with Crippen LogP contribution < -0.4 is 0 Å². The highest BCUT2D eigenvalue weighted by Crippen LogP contribution is 2.68. The fourth-order valence-electron chi connectivity index (χ4n) is 8.05. The van der Waals surface area contributed by atoms with Crippen LogP contribution in [0.15, 0.2) is 0 Å². The molecular weight excluding hydrogens is 382 g/mol. The van der Waals surface area contributed by atoms with Crippen molar-refractivity contribution in [1.29, 1.82) is 5.26 Å². The van der Waals surface area contributed by atoms with Gasteiger partial charge in [-0.25, -0.2) is 0 Å². The van der Waals surface area contributed by atoms with Crippen LogP contribution in [-0.2, 0) is 19.1 Å². The molecule has 9 atom stereocenters. The molecule has 0 aromatic carbocycles. The molecular formula is C24H35NO5. The third kappa shape index (κ3) is 3.16. The van der Waals surface area contributed by atoms with Crippen molar-refractivity contribution < 1.29 is 24.2 Å². The minimum Gasteiger partial charge on any atom is -0.463 e. The maximum absolute atomic E-state index is 11.7. The van der Waals surface area contributed by atoms with E-state index in [0.29, 0.717) is 6.42 Å². The van der Waals surface area contributed by atoms with Crippen molar-refractivity contribution in [2.75, 3.05) is 0 Å². The third-order valence-corrected chi connectivity index (χ3v) is 9.46. The van der Waals surface area contributed by atoms with Gasteiger partial charge < -0.3 is 14.6 Å². The van der Waals surface area contributed by atoms with Crippen LogP contribution in [0.4, 0.5) is 0 Å². The predicted molar refractivity (Wildman–Crippen MR) is 109 cm³/mol. The molecule has 4 saturated carbocycles. The summed E-state index contributed by atoms with van der Waals surface area (Å²) in [4.78, 5) is 23.1. The van der Waals surface area contributed by atoms with Gasteiger partial charge in [0.2, 0.25) is 0 Å². The Morgan fingerprint density at radius 3 is 2.23 bits per heavy atom. The lowest BCUT2D eigenvalue weighted by atomic mass is 9.42. The fourth-order valence-corrected chi connectivity index (χ4v) is 8.05. The van der Waals surface area contributed by atoms with Crippen molar-refractivity contribution in [2.24, 2.45) is 34.5 Å². The SMILES string of the molecule is CC(=O)OC1CC[C@]2(C)C3CC[C@]4(C)C(OC(C)=O)CCC4C3C(O)(C#N)C[C@H]2C1. The van der Waals surface area contributed by atoms with E-state index in [0.717, 1.165) is 44.9 Å². The molecule has 0 spiro atoms. The van der Waals surface area contributed by atoms with Gasteiger partial charge in [-0.15, -0.1) is 0 Å². The number of nitriles is 1. The van der Waals surface area contributed by atoms with Gasteiger partial charge in [-0.1, -0.05) is 13.8 Å². The van der Waals surface area contributed by atoms with Crippen molar-refractivity contribution in [2.45, 2.75) is 96.9 Å². The number of fused-ring (bicyclic) bond motifs is 5. The monoisotopic (exact) mass is 417 g/mol. The van der Waals surface area contributed by atoms with Crippen LogP contribution in [0, 0.1) is 45.8 Å². The zero-order valence-corrected chi connectivity index (χ0v) is 18.6. The minimum atomic E-state index is -1.38. The number of hydrogen-bond donors (Lipinski definition) is 1. The molecule has 0 saturated heterocycles. The van der Waals surface area contributed by atoms with Crippen LogP contribution in [0.25, 0.3) is 0 Å². The molecule has 4 fully saturated rings. The average molecular weight is 418 g/mol. The highest BCUT2D eigenvalue weighted by molar-refractivity contribution is 5.66. The number of carbonyl (C=O) groups is 2. The lowest BCUT2D eigenvalue weighted by Crippen LogP contribution is -2.63. The molecule has 166 valence electrons. The van der Waals surface area contributed by atoms with Crippen molar-refractivity contribution in [3.8, 4) is 6.07 Å². The van der Waals surface area contributed by atoms with Gasteiger partial charge in [0.1, 0.15) is 12.2 Å². The topological polar surface area (TPSA) is 96.6 Å². The summed E-state index contributed by atoms with van der Waals surface area (Å²) in [5.41, 5.74) is -1.54. The number of hydrogen-bond acceptors (Lipinski definition) is 6. The van der Waals surface area contributed by atoms with E-state index in [1.807, 2.05) is 0 Å². The van der Waals surface area contributed by atoms with Gasteiger partial charge in [-0.05, 0) is 74.5 Å². The molecule has 0 radical (unpaired) electrons. The highest BCUT2D eigenvalue weighted by atomic mass is 16.5. The van der Waals surface area contributed by atoms with E-state index in [1.165, 1.54) is 13.8 Å². The third-order valence-electron chi connectivity index (χ3n) is 9.46. The molecule has 0 aromatic rings. The largest absolute Gasteiger partial charge is 0.463 e. The molecule has 6 nitrogen and oxygen atoms in total. The smallest absolute Gasteiger partial charge is 0.302 e. The Bertz CT molecular complexity index is 776. The van der Waals surface area contributed by atoms with Crippen LogP contribution in [-0.4, -0.2) is 34.9 Å². The second kappa shape index (κ2) is 7.22. The molecule has 6 unspecified atom stereocenters. The Balaban J connectivity index is 1.65. The van der Waals surface area contributed by atoms with E-state index in [4.69, 9.17) is 9.47 Å². The first-order chi connectivity index (χ1) is 14.0.